The van der Waals surface area contributed by atoms with Crippen molar-refractivity contribution >= 4 is 17.8 Å². The van der Waals surface area contributed by atoms with Gasteiger partial charge in [0.1, 0.15) is 5.60 Å². The molecule has 1 amide bonds. The lowest BCUT2D eigenvalue weighted by atomic mass is 10.1. The molecule has 0 saturated carbocycles. The summed E-state index contributed by atoms with van der Waals surface area (Å²) in [4.78, 5) is 37.7. The van der Waals surface area contributed by atoms with Crippen LogP contribution in [0.25, 0.3) is 0 Å². The van der Waals surface area contributed by atoms with Gasteiger partial charge in [-0.3, -0.25) is 4.79 Å². The third kappa shape index (κ3) is 13.3. The first-order valence-corrected chi connectivity index (χ1v) is 10.7. The minimum Gasteiger partial charge on any atom is -0.452 e. The Balaban J connectivity index is 4.50. The summed E-state index contributed by atoms with van der Waals surface area (Å²) in [5, 5.41) is 0. The molecule has 0 rings (SSSR count). The third-order valence-electron chi connectivity index (χ3n) is 4.51. The molecule has 29 heavy (non-hydrogen) atoms. The van der Waals surface area contributed by atoms with Gasteiger partial charge < -0.3 is 19.1 Å². The lowest BCUT2D eigenvalue weighted by molar-refractivity contribution is -0.165. The molecular formula is C22H41NO6. The molecule has 0 aromatic rings. The maximum Gasteiger partial charge on any atom is 0.410 e. The summed E-state index contributed by atoms with van der Waals surface area (Å²) in [6, 6.07) is 0. The smallest absolute Gasteiger partial charge is 0.410 e. The Bertz CT molecular complexity index is 500. The zero-order valence-corrected chi connectivity index (χ0v) is 19.4. The van der Waals surface area contributed by atoms with Gasteiger partial charge in [0.25, 0.3) is 0 Å². The van der Waals surface area contributed by atoms with Crippen LogP contribution in [0.3, 0.4) is 0 Å². The Kier molecular flexibility index (Phi) is 13.6. The molecule has 0 N–H and O–H groups in total. The summed E-state index contributed by atoms with van der Waals surface area (Å²) in [7, 11) is 3.01. The second kappa shape index (κ2) is 14.4. The lowest BCUT2D eigenvalue weighted by Crippen LogP contribution is -2.38. The van der Waals surface area contributed by atoms with Gasteiger partial charge in [-0.25, -0.2) is 9.59 Å². The van der Waals surface area contributed by atoms with Crippen LogP contribution in [0.15, 0.2) is 0 Å². The van der Waals surface area contributed by atoms with Gasteiger partial charge in [-0.05, 0) is 40.5 Å². The number of Topliss-reactive ketones (excluding diaryl/α,β-unsaturated/α-hetero) is 1. The first kappa shape index (κ1) is 27.4. The first-order valence-electron chi connectivity index (χ1n) is 10.7. The maximum absolute atomic E-state index is 12.4. The average Bonchev–Trinajstić information content (AvgIpc) is 2.62. The van der Waals surface area contributed by atoms with Gasteiger partial charge in [0.05, 0.1) is 0 Å². The predicted octanol–water partition coefficient (Wildman–Crippen LogP) is 4.51. The van der Waals surface area contributed by atoms with Crippen LogP contribution < -0.4 is 0 Å². The highest BCUT2D eigenvalue weighted by atomic mass is 16.6. The number of amides is 1. The van der Waals surface area contributed by atoms with E-state index in [-0.39, 0.29) is 18.7 Å². The average molecular weight is 416 g/mol. The van der Waals surface area contributed by atoms with Crippen LogP contribution in [0, 0.1) is 0 Å². The SMILES string of the molecule is CCCCCCCC[C@H](OC(=O)[C@H](CCN(C)C(=O)OC(C)(C)C)OC)C(C)=O. The number of hydrogen-bond donors (Lipinski definition) is 0. The molecule has 0 bridgehead atoms. The Labute approximate surface area is 176 Å². The van der Waals surface area contributed by atoms with Gasteiger partial charge >= 0.3 is 12.1 Å². The molecule has 0 aromatic heterocycles. The van der Waals surface area contributed by atoms with Crippen molar-refractivity contribution in [2.75, 3.05) is 20.7 Å². The highest BCUT2D eigenvalue weighted by Gasteiger charge is 2.27. The number of esters is 1. The molecule has 0 spiro atoms. The van der Waals surface area contributed by atoms with E-state index in [0.717, 1.165) is 19.3 Å². The summed E-state index contributed by atoms with van der Waals surface area (Å²) in [5.74, 6) is -0.732. The molecule has 2 atom stereocenters. The lowest BCUT2D eigenvalue weighted by Gasteiger charge is -2.26. The number of ether oxygens (including phenoxy) is 3. The van der Waals surface area contributed by atoms with Crippen molar-refractivity contribution in [2.45, 2.75) is 104 Å². The number of unbranched alkanes of at least 4 members (excludes halogenated alkanes) is 5. The Morgan fingerprint density at radius 1 is 0.931 bits per heavy atom. The Hall–Kier alpha value is -1.63. The molecular weight excluding hydrogens is 374 g/mol. The van der Waals surface area contributed by atoms with Crippen LogP contribution in [-0.4, -0.2) is 61.3 Å². The topological polar surface area (TPSA) is 82.1 Å². The zero-order valence-electron chi connectivity index (χ0n) is 19.4. The molecule has 0 heterocycles. The highest BCUT2D eigenvalue weighted by molar-refractivity contribution is 5.84. The molecule has 0 aliphatic carbocycles. The van der Waals surface area contributed by atoms with E-state index in [9.17, 15) is 14.4 Å². The van der Waals surface area contributed by atoms with Crippen LogP contribution in [0.4, 0.5) is 4.79 Å². The minimum absolute atomic E-state index is 0.160. The van der Waals surface area contributed by atoms with Gasteiger partial charge in [-0.15, -0.1) is 0 Å². The molecule has 0 aliphatic heterocycles. The number of ketones is 1. The summed E-state index contributed by atoms with van der Waals surface area (Å²) >= 11 is 0. The minimum atomic E-state index is -0.841. The van der Waals surface area contributed by atoms with Crippen molar-refractivity contribution < 1.29 is 28.6 Å². The number of hydrogen-bond acceptors (Lipinski definition) is 6. The molecule has 7 heteroatoms. The van der Waals surface area contributed by atoms with Crippen molar-refractivity contribution in [2.24, 2.45) is 0 Å². The summed E-state index contributed by atoms with van der Waals surface area (Å²) in [6.07, 6.45) is 5.34. The van der Waals surface area contributed by atoms with E-state index < -0.39 is 29.9 Å². The first-order chi connectivity index (χ1) is 13.5. The molecule has 0 aliphatic rings. The van der Waals surface area contributed by atoms with Crippen molar-refractivity contribution in [3.8, 4) is 0 Å². The standard InChI is InChI=1S/C22H41NO6/c1-8-9-10-11-12-13-14-18(17(2)24)28-20(25)19(27-7)15-16-23(6)21(26)29-22(3,4)5/h18-19H,8-16H2,1-7H3/t18-,19-/m0/s1. The highest BCUT2D eigenvalue weighted by Crippen LogP contribution is 2.14. The van der Waals surface area contributed by atoms with Crippen molar-refractivity contribution in [1.82, 2.24) is 4.90 Å². The summed E-state index contributed by atoms with van der Waals surface area (Å²) in [5.41, 5.74) is -0.587. The van der Waals surface area contributed by atoms with Gasteiger partial charge in [0.2, 0.25) is 0 Å². The van der Waals surface area contributed by atoms with E-state index in [1.165, 1.54) is 38.2 Å². The monoisotopic (exact) mass is 415 g/mol. The van der Waals surface area contributed by atoms with Crippen LogP contribution >= 0.6 is 0 Å². The Morgan fingerprint density at radius 3 is 2.03 bits per heavy atom. The number of rotatable bonds is 14. The molecule has 170 valence electrons. The largest absolute Gasteiger partial charge is 0.452 e. The van der Waals surface area contributed by atoms with Crippen molar-refractivity contribution in [3.63, 3.8) is 0 Å². The second-order valence-corrected chi connectivity index (χ2v) is 8.51. The van der Waals surface area contributed by atoms with Gasteiger partial charge in [0.15, 0.2) is 18.0 Å². The predicted molar refractivity (Wildman–Crippen MR) is 113 cm³/mol. The third-order valence-corrected chi connectivity index (χ3v) is 4.51. The summed E-state index contributed by atoms with van der Waals surface area (Å²) < 4.78 is 15.9. The molecule has 0 fully saturated rings. The zero-order chi connectivity index (χ0) is 22.4. The van der Waals surface area contributed by atoms with E-state index >= 15 is 0 Å². The van der Waals surface area contributed by atoms with Gasteiger partial charge in [-0.1, -0.05) is 39.0 Å². The van der Waals surface area contributed by atoms with Crippen molar-refractivity contribution in [3.05, 3.63) is 0 Å². The van der Waals surface area contributed by atoms with E-state index in [1.54, 1.807) is 27.8 Å². The number of nitrogens with zero attached hydrogens (tertiary/aromatic N) is 1. The molecule has 0 aromatic carbocycles. The fourth-order valence-corrected chi connectivity index (χ4v) is 2.75. The van der Waals surface area contributed by atoms with Crippen LogP contribution in [-0.2, 0) is 23.8 Å². The van der Waals surface area contributed by atoms with Crippen molar-refractivity contribution in [1.29, 1.82) is 0 Å². The van der Waals surface area contributed by atoms with Crippen LogP contribution in [0.1, 0.15) is 86.0 Å². The van der Waals surface area contributed by atoms with E-state index in [1.807, 2.05) is 0 Å². The Morgan fingerprint density at radius 2 is 1.52 bits per heavy atom. The van der Waals surface area contributed by atoms with Gasteiger partial charge in [-0.2, -0.15) is 0 Å². The summed E-state index contributed by atoms with van der Waals surface area (Å²) in [6.45, 7) is 9.25. The number of carbonyl (C=O) groups excluding carboxylic acids is 3. The number of carbonyl (C=O) groups is 3. The van der Waals surface area contributed by atoms with Crippen LogP contribution in [0.5, 0.6) is 0 Å². The quantitative estimate of drug-likeness (QED) is 0.307. The van der Waals surface area contributed by atoms with E-state index in [2.05, 4.69) is 6.92 Å². The maximum atomic E-state index is 12.4. The van der Waals surface area contributed by atoms with Gasteiger partial charge in [0, 0.05) is 27.1 Å². The normalized spacial score (nSPS) is 13.5. The molecule has 7 nitrogen and oxygen atoms in total. The van der Waals surface area contributed by atoms with E-state index in [0.29, 0.717) is 6.42 Å². The van der Waals surface area contributed by atoms with Crippen LogP contribution in [0.2, 0.25) is 0 Å². The fourth-order valence-electron chi connectivity index (χ4n) is 2.75. The van der Waals surface area contributed by atoms with E-state index in [4.69, 9.17) is 14.2 Å². The molecule has 0 saturated heterocycles. The molecule has 0 unspecified atom stereocenters. The fraction of sp³-hybridized carbons (Fsp3) is 0.864. The molecule has 0 radical (unpaired) electrons. The number of methoxy groups -OCH3 is 1. The second-order valence-electron chi connectivity index (χ2n) is 8.51.